The zero-order valence-corrected chi connectivity index (χ0v) is 16.3. The van der Waals surface area contributed by atoms with Crippen molar-refractivity contribution in [2.45, 2.75) is 32.5 Å². The third-order valence-electron chi connectivity index (χ3n) is 4.01. The van der Waals surface area contributed by atoms with E-state index < -0.39 is 29.3 Å². The van der Waals surface area contributed by atoms with Gasteiger partial charge in [0.2, 0.25) is 0 Å². The quantitative estimate of drug-likeness (QED) is 0.722. The van der Waals surface area contributed by atoms with Gasteiger partial charge >= 0.3 is 12.3 Å². The smallest absolute Gasteiger partial charge is 0.416 e. The molecule has 0 unspecified atom stereocenters. The lowest BCUT2D eigenvalue weighted by Crippen LogP contribution is -2.45. The van der Waals surface area contributed by atoms with Crippen LogP contribution in [0.3, 0.4) is 0 Å². The fourth-order valence-electron chi connectivity index (χ4n) is 2.74. The van der Waals surface area contributed by atoms with Gasteiger partial charge in [0.05, 0.1) is 24.0 Å². The summed E-state index contributed by atoms with van der Waals surface area (Å²) in [5, 5.41) is 12.0. The van der Waals surface area contributed by atoms with Crippen LogP contribution in [0, 0.1) is 0 Å². The number of carbonyl (C=O) groups is 2. The predicted octanol–water partition coefficient (Wildman–Crippen LogP) is 5.25. The molecule has 0 aliphatic heterocycles. The normalized spacial score (nSPS) is 11.7. The number of carboxylic acid groups (broad SMARTS) is 1. The van der Waals surface area contributed by atoms with Gasteiger partial charge in [-0.3, -0.25) is 9.69 Å². The maximum absolute atomic E-state index is 12.9. The second kappa shape index (κ2) is 8.02. The van der Waals surface area contributed by atoms with Crippen molar-refractivity contribution in [3.63, 3.8) is 0 Å². The van der Waals surface area contributed by atoms with Gasteiger partial charge in [-0.05, 0) is 51.1 Å². The van der Waals surface area contributed by atoms with Crippen molar-refractivity contribution >= 4 is 23.4 Å². The summed E-state index contributed by atoms with van der Waals surface area (Å²) in [7, 11) is 1.33. The Labute approximate surface area is 165 Å². The van der Waals surface area contributed by atoms with Crippen LogP contribution in [0.2, 0.25) is 0 Å². The summed E-state index contributed by atoms with van der Waals surface area (Å²) >= 11 is 0. The molecule has 0 bridgehead atoms. The molecule has 0 saturated heterocycles. The van der Waals surface area contributed by atoms with Gasteiger partial charge < -0.3 is 15.2 Å². The average Bonchev–Trinajstić information content (AvgIpc) is 2.60. The number of methoxy groups -OCH3 is 1. The highest BCUT2D eigenvalue weighted by Gasteiger charge is 2.31. The number of nitrogens with one attached hydrogen (secondary N) is 1. The first kappa shape index (κ1) is 22.1. The van der Waals surface area contributed by atoms with Gasteiger partial charge in [0, 0.05) is 17.2 Å². The molecule has 156 valence electrons. The molecule has 0 saturated carbocycles. The standard InChI is InChI=1S/C20H21F3N2O4/c1-19(2,3)25(18(27)28)14-8-9-15(16(11-14)29-4)24-17(26)12-6-5-7-13(10-12)20(21,22)23/h5-11H,1-4H3,(H,24,26)(H,27,28). The number of benzene rings is 2. The molecular formula is C20H21F3N2O4. The van der Waals surface area contributed by atoms with Gasteiger partial charge in [0.15, 0.2) is 0 Å². The molecule has 2 aromatic carbocycles. The number of halogens is 3. The van der Waals surface area contributed by atoms with Crippen molar-refractivity contribution in [2.24, 2.45) is 0 Å². The molecule has 0 aliphatic carbocycles. The minimum Gasteiger partial charge on any atom is -0.494 e. The van der Waals surface area contributed by atoms with E-state index >= 15 is 0 Å². The van der Waals surface area contributed by atoms with E-state index in [9.17, 15) is 27.9 Å². The summed E-state index contributed by atoms with van der Waals surface area (Å²) in [5.74, 6) is -0.591. The molecule has 0 heterocycles. The van der Waals surface area contributed by atoms with Crippen LogP contribution < -0.4 is 15.0 Å². The second-order valence-electron chi connectivity index (χ2n) is 7.21. The van der Waals surface area contributed by atoms with Gasteiger partial charge in [-0.2, -0.15) is 13.2 Å². The van der Waals surface area contributed by atoms with E-state index in [4.69, 9.17) is 4.74 Å². The topological polar surface area (TPSA) is 78.9 Å². The van der Waals surface area contributed by atoms with Gasteiger partial charge in [0.25, 0.3) is 5.91 Å². The Morgan fingerprint density at radius 2 is 1.72 bits per heavy atom. The molecule has 2 N–H and O–H groups in total. The number of alkyl halides is 3. The van der Waals surface area contributed by atoms with Gasteiger partial charge in [0.1, 0.15) is 5.75 Å². The summed E-state index contributed by atoms with van der Waals surface area (Å²) in [6, 6.07) is 8.37. The molecule has 9 heteroatoms. The summed E-state index contributed by atoms with van der Waals surface area (Å²) in [5.41, 5.74) is -1.33. The Morgan fingerprint density at radius 3 is 2.24 bits per heavy atom. The highest BCUT2D eigenvalue weighted by molar-refractivity contribution is 6.05. The maximum atomic E-state index is 12.9. The Morgan fingerprint density at radius 1 is 1.07 bits per heavy atom. The van der Waals surface area contributed by atoms with E-state index in [1.165, 1.54) is 31.4 Å². The highest BCUT2D eigenvalue weighted by Crippen LogP contribution is 2.34. The zero-order chi connectivity index (χ0) is 22.0. The van der Waals surface area contributed by atoms with Crippen molar-refractivity contribution in [1.82, 2.24) is 0 Å². The van der Waals surface area contributed by atoms with Crippen molar-refractivity contribution in [3.8, 4) is 5.75 Å². The molecule has 2 aromatic rings. The van der Waals surface area contributed by atoms with Crippen molar-refractivity contribution in [3.05, 3.63) is 53.6 Å². The Balaban J connectivity index is 2.35. The fraction of sp³-hybridized carbons (Fsp3) is 0.300. The van der Waals surface area contributed by atoms with Gasteiger partial charge in [-0.15, -0.1) is 0 Å². The van der Waals surface area contributed by atoms with Crippen LogP contribution in [-0.2, 0) is 6.18 Å². The number of anilines is 2. The van der Waals surface area contributed by atoms with Crippen molar-refractivity contribution < 1.29 is 32.6 Å². The highest BCUT2D eigenvalue weighted by atomic mass is 19.4. The lowest BCUT2D eigenvalue weighted by atomic mass is 10.1. The minimum atomic E-state index is -4.57. The zero-order valence-electron chi connectivity index (χ0n) is 16.3. The van der Waals surface area contributed by atoms with E-state index in [1.807, 2.05) is 0 Å². The van der Waals surface area contributed by atoms with E-state index in [-0.39, 0.29) is 17.0 Å². The van der Waals surface area contributed by atoms with E-state index in [2.05, 4.69) is 5.32 Å². The monoisotopic (exact) mass is 410 g/mol. The molecule has 0 radical (unpaired) electrons. The van der Waals surface area contributed by atoms with Gasteiger partial charge in [-0.25, -0.2) is 4.79 Å². The summed E-state index contributed by atoms with van der Waals surface area (Å²) < 4.78 is 43.8. The molecule has 0 fully saturated rings. The molecule has 0 aliphatic rings. The molecule has 2 rings (SSSR count). The van der Waals surface area contributed by atoms with Gasteiger partial charge in [-0.1, -0.05) is 6.07 Å². The van der Waals surface area contributed by atoms with Crippen molar-refractivity contribution in [2.75, 3.05) is 17.3 Å². The fourth-order valence-corrected chi connectivity index (χ4v) is 2.74. The van der Waals surface area contributed by atoms with E-state index in [0.717, 1.165) is 23.1 Å². The largest absolute Gasteiger partial charge is 0.494 e. The Kier molecular flexibility index (Phi) is 6.10. The third-order valence-corrected chi connectivity index (χ3v) is 4.01. The SMILES string of the molecule is COc1cc(N(C(=O)O)C(C)(C)C)ccc1NC(=O)c1cccc(C(F)(F)F)c1. The number of amides is 2. The maximum Gasteiger partial charge on any atom is 0.416 e. The van der Waals surface area contributed by atoms with Crippen LogP contribution in [0.25, 0.3) is 0 Å². The molecule has 6 nitrogen and oxygen atoms in total. The summed E-state index contributed by atoms with van der Waals surface area (Å²) in [6.07, 6.45) is -5.73. The Bertz CT molecular complexity index is 921. The number of ether oxygens (including phenoxy) is 1. The molecule has 0 aromatic heterocycles. The van der Waals surface area contributed by atoms with Crippen LogP contribution in [-0.4, -0.2) is 29.8 Å². The van der Waals surface area contributed by atoms with Crippen molar-refractivity contribution in [1.29, 1.82) is 0 Å². The van der Waals surface area contributed by atoms with Crippen LogP contribution in [0.1, 0.15) is 36.7 Å². The third kappa shape index (κ3) is 5.18. The van der Waals surface area contributed by atoms with Crippen LogP contribution in [0.4, 0.5) is 29.3 Å². The number of nitrogens with zero attached hydrogens (tertiary/aromatic N) is 1. The average molecular weight is 410 g/mol. The van der Waals surface area contributed by atoms with E-state index in [1.54, 1.807) is 20.8 Å². The summed E-state index contributed by atoms with van der Waals surface area (Å²) in [6.45, 7) is 5.16. The lowest BCUT2D eigenvalue weighted by molar-refractivity contribution is -0.137. The number of hydrogen-bond donors (Lipinski definition) is 2. The minimum absolute atomic E-state index is 0.165. The molecule has 2 amide bonds. The number of carbonyl (C=O) groups excluding carboxylic acids is 1. The first-order valence-corrected chi connectivity index (χ1v) is 8.54. The lowest BCUT2D eigenvalue weighted by Gasteiger charge is -2.33. The first-order chi connectivity index (χ1) is 13.3. The first-order valence-electron chi connectivity index (χ1n) is 8.54. The molecule has 0 atom stereocenters. The number of hydrogen-bond acceptors (Lipinski definition) is 3. The van der Waals surface area contributed by atoms with Crippen LogP contribution >= 0.6 is 0 Å². The number of rotatable bonds is 4. The molecular weight excluding hydrogens is 389 g/mol. The van der Waals surface area contributed by atoms with Crippen LogP contribution in [0.5, 0.6) is 5.75 Å². The summed E-state index contributed by atoms with van der Waals surface area (Å²) in [4.78, 5) is 25.2. The molecule has 0 spiro atoms. The predicted molar refractivity (Wildman–Crippen MR) is 103 cm³/mol. The van der Waals surface area contributed by atoms with Crippen LogP contribution in [0.15, 0.2) is 42.5 Å². The van der Waals surface area contributed by atoms with E-state index in [0.29, 0.717) is 5.69 Å². The second-order valence-corrected chi connectivity index (χ2v) is 7.21. The Hall–Kier alpha value is -3.23. The molecule has 29 heavy (non-hydrogen) atoms.